The summed E-state index contributed by atoms with van der Waals surface area (Å²) in [5, 5.41) is 21.9. The van der Waals surface area contributed by atoms with E-state index in [1.54, 1.807) is 162 Å². The average Bonchev–Trinajstić information content (AvgIpc) is 1.63. The fourth-order valence-corrected chi connectivity index (χ4v) is 15.2. The number of rotatable bonds is 25. The molecule has 0 spiro atoms. The summed E-state index contributed by atoms with van der Waals surface area (Å²) in [6.45, 7) is 20.8. The minimum Gasteiger partial charge on any atom is -1.00 e. The first-order chi connectivity index (χ1) is 60.7. The first-order valence-corrected chi connectivity index (χ1v) is 42.4. The molecule has 0 aliphatic carbocycles. The zero-order chi connectivity index (χ0) is 92.9. The van der Waals surface area contributed by atoms with Crippen LogP contribution < -0.4 is 129 Å². The van der Waals surface area contributed by atoms with Crippen molar-refractivity contribution >= 4 is 111 Å². The van der Waals surface area contributed by atoms with E-state index >= 15 is 0 Å². The van der Waals surface area contributed by atoms with Crippen LogP contribution in [0.5, 0.6) is 0 Å². The Labute approximate surface area is 839 Å². The molecule has 2 fully saturated rings. The molecule has 5 aromatic rings. The minimum atomic E-state index is -1.46. The van der Waals surface area contributed by atoms with Crippen LogP contribution in [0.1, 0.15) is 176 Å². The van der Waals surface area contributed by atoms with Crippen LogP contribution in [0.4, 0.5) is 4.39 Å². The molecule has 5 atom stereocenters. The number of amides is 10. The number of benzene rings is 5. The number of carbonyl (C=O) groups is 16. The van der Waals surface area contributed by atoms with Crippen molar-refractivity contribution in [1.29, 1.82) is 0 Å². The normalized spacial score (nSPS) is 17.8. The van der Waals surface area contributed by atoms with Crippen molar-refractivity contribution in [2.24, 2.45) is 0 Å². The number of ether oxygens (including phenoxy) is 5. The van der Waals surface area contributed by atoms with Crippen molar-refractivity contribution in [2.45, 2.75) is 129 Å². The van der Waals surface area contributed by atoms with Gasteiger partial charge in [0.2, 0.25) is 0 Å². The zero-order valence-electron chi connectivity index (χ0n) is 76.1. The van der Waals surface area contributed by atoms with Crippen molar-refractivity contribution in [3.05, 3.63) is 177 Å². The average molecular weight is 1900 g/mol. The van der Waals surface area contributed by atoms with Crippen LogP contribution in [-0.2, 0) is 57.3 Å². The summed E-state index contributed by atoms with van der Waals surface area (Å²) in [4.78, 5) is 231. The predicted octanol–water partition coefficient (Wildman–Crippen LogP) is -2.83. The molecule has 10 amide bonds. The van der Waals surface area contributed by atoms with Gasteiger partial charge in [0.1, 0.15) is 29.0 Å². The van der Waals surface area contributed by atoms with Gasteiger partial charge < -0.3 is 56.5 Å². The topological polar surface area (TPSA) is 429 Å². The summed E-state index contributed by atoms with van der Waals surface area (Å²) >= 11 is 3.16. The molecular weight excluding hydrogens is 1780 g/mol. The number of imide groups is 5. The third-order valence-corrected chi connectivity index (χ3v) is 21.3. The number of carbonyl (C=O) groups excluding carboxylic acids is 16. The van der Waals surface area contributed by atoms with E-state index in [1.807, 2.05) is 0 Å². The molecule has 5 unspecified atom stereocenters. The number of hydrogen-bond acceptors (Lipinski definition) is 31. The van der Waals surface area contributed by atoms with E-state index in [2.05, 4.69) is 42.1 Å². The number of fused-ring (bicyclic) bond motifs is 5. The number of nitrogens with one attached hydrogen (secondary N) is 4. The third kappa shape index (κ3) is 29.0. The van der Waals surface area contributed by atoms with E-state index in [0.717, 1.165) is 76.9 Å². The summed E-state index contributed by atoms with van der Waals surface area (Å²) in [5.41, 5.74) is 1.61. The van der Waals surface area contributed by atoms with Crippen LogP contribution in [0.25, 0.3) is 0 Å². The molecule has 40 heteroatoms. The summed E-state index contributed by atoms with van der Waals surface area (Å²) in [6.07, 6.45) is -3.12. The molecule has 0 radical (unpaired) electrons. The Morgan fingerprint density at radius 1 is 0.344 bits per heavy atom. The number of esters is 5. The first kappa shape index (κ1) is 107. The van der Waals surface area contributed by atoms with E-state index in [9.17, 15) is 76.3 Å². The molecule has 128 heavy (non-hydrogen) atoms. The van der Waals surface area contributed by atoms with Gasteiger partial charge in [-0.15, -0.1) is 0 Å². The van der Waals surface area contributed by atoms with Gasteiger partial charge >= 0.3 is 133 Å². The van der Waals surface area contributed by atoms with Crippen LogP contribution in [0.2, 0.25) is 0 Å². The van der Waals surface area contributed by atoms with E-state index in [0.29, 0.717) is 11.1 Å². The third-order valence-electron chi connectivity index (χ3n) is 20.7. The Bertz CT molecular complexity index is 4110. The molecule has 7 aliphatic heterocycles. The largest absolute Gasteiger partial charge is 1.00 e. The molecule has 682 valence electrons. The van der Waals surface area contributed by atoms with Crippen molar-refractivity contribution in [3.8, 4) is 0 Å². The molecular formula is C88H111BrFK2N13O23. The van der Waals surface area contributed by atoms with Gasteiger partial charge in [-0.25, -0.2) is 0 Å². The van der Waals surface area contributed by atoms with E-state index in [1.165, 1.54) is 48.5 Å². The Balaban J connectivity index is 0.000000585. The number of halogens is 2. The molecule has 7 heterocycles. The van der Waals surface area contributed by atoms with Gasteiger partial charge in [-0.2, -0.15) is 0 Å². The molecule has 0 aromatic heterocycles. The van der Waals surface area contributed by atoms with Gasteiger partial charge in [-0.3, -0.25) is 125 Å². The second-order valence-corrected chi connectivity index (χ2v) is 32.2. The summed E-state index contributed by atoms with van der Waals surface area (Å²) in [5.74, 6) is -10.1. The molecule has 5 aromatic carbocycles. The fraction of sp³-hybridized carbons (Fsp3) is 0.477. The fourth-order valence-electron chi connectivity index (χ4n) is 14.8. The summed E-state index contributed by atoms with van der Waals surface area (Å²) in [6, 6.07) is 25.5. The Morgan fingerprint density at radius 3 is 0.625 bits per heavy atom. The van der Waals surface area contributed by atoms with Crippen molar-refractivity contribution in [3.63, 3.8) is 0 Å². The summed E-state index contributed by atoms with van der Waals surface area (Å²) < 4.78 is 44.2. The van der Waals surface area contributed by atoms with Gasteiger partial charge in [-0.1, -0.05) is 76.6 Å². The zero-order valence-corrected chi connectivity index (χ0v) is 82.0. The van der Waals surface area contributed by atoms with E-state index < -0.39 is 164 Å². The second kappa shape index (κ2) is 53.4. The van der Waals surface area contributed by atoms with Crippen LogP contribution >= 0.6 is 15.9 Å². The van der Waals surface area contributed by atoms with Crippen molar-refractivity contribution < 1.29 is 220 Å². The number of hydrogen-bond donors (Lipinski definition) is 4. The van der Waals surface area contributed by atoms with Crippen LogP contribution in [0.3, 0.4) is 0 Å². The van der Waals surface area contributed by atoms with E-state index in [4.69, 9.17) is 35.1 Å². The monoisotopic (exact) mass is 1890 g/mol. The smallest absolute Gasteiger partial charge is 1.00 e. The second-order valence-electron chi connectivity index (χ2n) is 31.1. The van der Waals surface area contributed by atoms with Gasteiger partial charge in [0.05, 0.1) is 127 Å². The number of alkyl halides is 2. The quantitative estimate of drug-likeness (QED) is 0.00669. The molecule has 4 N–H and O–H groups in total. The SMILES string of the molecule is C1CNCCNCCNCCN1.CC(C)OC(=O)C(Br)CN1C(=O)c2ccccc2C1=O.CC(C)OC(=O)C(CN1C(=O)c2ccccc2C1=O)N1CCN(C(CN2C(=O)c3ccccc3C2=O)C(=O)OC(C)C)CCN(C(CN2C(=O)c3ccccc3C2=O)C(=O)OC(C)C)CCN(C(CN2C(=O)c3ccccc3C2=O)C(=O)OC(C)C)CC1.O=CO[O-].[2H]CF.[H-].[K+].[K+]. The maximum Gasteiger partial charge on any atom is 1.00 e. The van der Waals surface area contributed by atoms with Crippen LogP contribution in [0.15, 0.2) is 121 Å². The summed E-state index contributed by atoms with van der Waals surface area (Å²) in [7, 11) is -1.00. The Hall–Kier alpha value is -8.06. The van der Waals surface area contributed by atoms with Gasteiger partial charge in [0.15, 0.2) is 0 Å². The molecule has 12 rings (SSSR count). The predicted molar refractivity (Wildman–Crippen MR) is 456 cm³/mol. The molecule has 7 aliphatic rings. The minimum absolute atomic E-state index is 0. The van der Waals surface area contributed by atoms with Gasteiger partial charge in [0.25, 0.3) is 65.5 Å². The van der Waals surface area contributed by atoms with Crippen LogP contribution in [-0.4, -0.2) is 344 Å². The maximum absolute atomic E-state index is 14.9. The standard InChI is InChI=1S/C64H72N8O16.C14H14BrNO4.C8H20N4.CH3F.CH2O3.2K.H/c1-37(2)85-61(81)49(33-69-53(73)41-17-9-10-18-42(41)54(69)74)65-25-27-66(50(62(82)86-38(3)4)34-70-55(75)43-19-11-12-20-44(43)56(70)76)29-31-68(52(64(84)88-40(7)8)36-72-59(79)47-23-15-16-24-48(47)60(72)80)32-30-67(28-26-65)51(63(83)87-39(5)6)35-71-57(77)45-21-13-14-22-46(45)58(71)78;1-8(2)20-14(19)11(15)7-16-12(17)9-5-3-4-6-10(9)13(16)18;1-2-10-5-6-12-8-7-11-4-3-9-1;1-2;2-1-4-3;;;/h9-24,37-40,49-52H,25-36H2,1-8H3;3-6,8,11H,7H2,1-2H3;9-12H,1-8H2;1H3;1,3H;;;/q;;;;;2*+1;-1/p-1/i;;;1D;;;;. The maximum atomic E-state index is 14.9. The van der Waals surface area contributed by atoms with E-state index in [-0.39, 0.29) is 232 Å². The van der Waals surface area contributed by atoms with Gasteiger partial charge in [-0.05, 0) is 130 Å². The Kier molecular flexibility index (Phi) is 44.7. The molecule has 0 saturated carbocycles. The van der Waals surface area contributed by atoms with Gasteiger partial charge in [0, 0.05) is 105 Å². The Morgan fingerprint density at radius 2 is 0.484 bits per heavy atom. The molecule has 36 nitrogen and oxygen atoms in total. The molecule has 0 bridgehead atoms. The molecule has 2 saturated heterocycles. The van der Waals surface area contributed by atoms with Crippen molar-refractivity contribution in [1.82, 2.24) is 65.4 Å². The number of nitrogens with zero attached hydrogens (tertiary/aromatic N) is 9. The van der Waals surface area contributed by atoms with Crippen molar-refractivity contribution in [2.75, 3.05) is 145 Å². The first-order valence-electron chi connectivity index (χ1n) is 42.2. The van der Waals surface area contributed by atoms with Crippen LogP contribution in [0, 0.1) is 0 Å².